The van der Waals surface area contributed by atoms with Crippen LogP contribution in [0.2, 0.25) is 0 Å². The molecule has 2 saturated heterocycles. The number of benzene rings is 1. The Labute approximate surface area is 174 Å². The third kappa shape index (κ3) is 3.63. The summed E-state index contributed by atoms with van der Waals surface area (Å²) < 4.78 is 24.8. The molecule has 2 fully saturated rings. The summed E-state index contributed by atoms with van der Waals surface area (Å²) in [6.07, 6.45) is 1.33. The first-order chi connectivity index (χ1) is 14.4. The molecule has 0 saturated carbocycles. The second kappa shape index (κ2) is 8.02. The number of amides is 2. The number of aromatic nitrogens is 1. The van der Waals surface area contributed by atoms with Crippen LogP contribution in [0, 0.1) is 25.6 Å². The van der Waals surface area contributed by atoms with Crippen LogP contribution in [0.15, 0.2) is 30.5 Å². The molecule has 2 aliphatic rings. The van der Waals surface area contributed by atoms with Crippen LogP contribution in [0.3, 0.4) is 0 Å². The predicted molar refractivity (Wildman–Crippen MR) is 108 cm³/mol. The number of anilines is 1. The zero-order chi connectivity index (χ0) is 21.4. The fourth-order valence-electron chi connectivity index (χ4n) is 3.83. The first-order valence-corrected chi connectivity index (χ1v) is 9.83. The van der Waals surface area contributed by atoms with Crippen molar-refractivity contribution in [3.63, 3.8) is 0 Å². The van der Waals surface area contributed by atoms with Crippen LogP contribution in [0.25, 0.3) is 0 Å². The Kier molecular flexibility index (Phi) is 5.42. The zero-order valence-corrected chi connectivity index (χ0v) is 17.2. The smallest absolute Gasteiger partial charge is 0.251 e. The molecular weight excluding hydrogens is 389 g/mol. The summed E-state index contributed by atoms with van der Waals surface area (Å²) >= 11 is 0. The standard InChI is InChI=1S/C22H24FN3O4/c1-13-4-5-15(6-14(13)2)9-25-19(27)10-26(22(28)20(25)16-11-30-12-16)21-18(23)7-17(29-3)8-24-21/h4-8,16,20H,9-12H2,1-3H3/t20-/m0/s1. The van der Waals surface area contributed by atoms with Gasteiger partial charge in [0.2, 0.25) is 5.91 Å². The molecule has 30 heavy (non-hydrogen) atoms. The van der Waals surface area contributed by atoms with E-state index in [2.05, 4.69) is 4.98 Å². The van der Waals surface area contributed by atoms with Crippen LogP contribution in [-0.2, 0) is 20.9 Å². The van der Waals surface area contributed by atoms with Gasteiger partial charge in [0.25, 0.3) is 5.91 Å². The molecule has 2 aromatic rings. The highest BCUT2D eigenvalue weighted by Crippen LogP contribution is 2.31. The van der Waals surface area contributed by atoms with Gasteiger partial charge in [0.15, 0.2) is 11.6 Å². The van der Waals surface area contributed by atoms with Gasteiger partial charge in [-0.25, -0.2) is 9.37 Å². The first-order valence-electron chi connectivity index (χ1n) is 9.83. The molecule has 1 aromatic carbocycles. The molecule has 0 unspecified atom stereocenters. The largest absolute Gasteiger partial charge is 0.495 e. The van der Waals surface area contributed by atoms with E-state index >= 15 is 0 Å². The molecule has 1 atom stereocenters. The van der Waals surface area contributed by atoms with Crippen LogP contribution in [0.4, 0.5) is 10.2 Å². The maximum atomic E-state index is 14.6. The van der Waals surface area contributed by atoms with Gasteiger partial charge in [-0.2, -0.15) is 0 Å². The molecule has 0 bridgehead atoms. The van der Waals surface area contributed by atoms with Crippen LogP contribution in [-0.4, -0.2) is 54.6 Å². The fourth-order valence-corrected chi connectivity index (χ4v) is 3.83. The number of hydrogen-bond donors (Lipinski definition) is 0. The first kappa shape index (κ1) is 20.3. The van der Waals surface area contributed by atoms with Gasteiger partial charge in [0, 0.05) is 18.5 Å². The van der Waals surface area contributed by atoms with Crippen molar-refractivity contribution in [1.82, 2.24) is 9.88 Å². The van der Waals surface area contributed by atoms with Crippen molar-refractivity contribution in [2.45, 2.75) is 26.4 Å². The van der Waals surface area contributed by atoms with Gasteiger partial charge in [-0.3, -0.25) is 14.5 Å². The van der Waals surface area contributed by atoms with Crippen molar-refractivity contribution >= 4 is 17.6 Å². The maximum absolute atomic E-state index is 14.6. The topological polar surface area (TPSA) is 72.0 Å². The van der Waals surface area contributed by atoms with Crippen molar-refractivity contribution in [2.24, 2.45) is 5.92 Å². The number of halogens is 1. The summed E-state index contributed by atoms with van der Waals surface area (Å²) in [6, 6.07) is 6.43. The lowest BCUT2D eigenvalue weighted by atomic mass is 9.92. The molecule has 0 N–H and O–H groups in total. The highest BCUT2D eigenvalue weighted by atomic mass is 19.1. The van der Waals surface area contributed by atoms with Gasteiger partial charge in [-0.05, 0) is 30.5 Å². The summed E-state index contributed by atoms with van der Waals surface area (Å²) in [5, 5.41) is 0. The summed E-state index contributed by atoms with van der Waals surface area (Å²) in [6.45, 7) is 4.87. The third-order valence-corrected chi connectivity index (χ3v) is 5.79. The molecule has 4 rings (SSSR count). The quantitative estimate of drug-likeness (QED) is 0.752. The normalized spacial score (nSPS) is 19.8. The number of carbonyl (C=O) groups excluding carboxylic acids is 2. The van der Waals surface area contributed by atoms with E-state index in [9.17, 15) is 14.0 Å². The molecule has 3 heterocycles. The Morgan fingerprint density at radius 3 is 2.57 bits per heavy atom. The number of rotatable bonds is 5. The SMILES string of the molecule is COc1cnc(N2CC(=O)N(Cc3ccc(C)c(C)c3)[C@@H](C3COC3)C2=O)c(F)c1. The van der Waals surface area contributed by atoms with Crippen LogP contribution in [0.1, 0.15) is 16.7 Å². The molecule has 1 aromatic heterocycles. The summed E-state index contributed by atoms with van der Waals surface area (Å²) in [7, 11) is 1.41. The van der Waals surface area contributed by atoms with E-state index < -0.39 is 11.9 Å². The van der Waals surface area contributed by atoms with E-state index in [4.69, 9.17) is 9.47 Å². The van der Waals surface area contributed by atoms with E-state index in [1.807, 2.05) is 32.0 Å². The van der Waals surface area contributed by atoms with Crippen molar-refractivity contribution in [1.29, 1.82) is 0 Å². The second-order valence-electron chi connectivity index (χ2n) is 7.79. The highest BCUT2D eigenvalue weighted by Gasteiger charge is 2.47. The maximum Gasteiger partial charge on any atom is 0.251 e. The van der Waals surface area contributed by atoms with Gasteiger partial charge in [0.1, 0.15) is 18.3 Å². The number of carbonyl (C=O) groups is 2. The number of pyridine rings is 1. The van der Waals surface area contributed by atoms with Crippen molar-refractivity contribution < 1.29 is 23.5 Å². The molecule has 158 valence electrons. The van der Waals surface area contributed by atoms with E-state index in [-0.39, 0.29) is 35.8 Å². The average Bonchev–Trinajstić information content (AvgIpc) is 2.68. The fraction of sp³-hybridized carbons (Fsp3) is 0.409. The van der Waals surface area contributed by atoms with Crippen molar-refractivity contribution in [3.05, 3.63) is 53.0 Å². The van der Waals surface area contributed by atoms with Crippen LogP contribution >= 0.6 is 0 Å². The average molecular weight is 413 g/mol. The molecular formula is C22H24FN3O4. The third-order valence-electron chi connectivity index (χ3n) is 5.79. The minimum absolute atomic E-state index is 0.128. The lowest BCUT2D eigenvalue weighted by Crippen LogP contribution is -2.65. The molecule has 2 amide bonds. The molecule has 7 nitrogen and oxygen atoms in total. The number of hydrogen-bond acceptors (Lipinski definition) is 5. The Balaban J connectivity index is 1.65. The van der Waals surface area contributed by atoms with E-state index in [0.717, 1.165) is 27.7 Å². The van der Waals surface area contributed by atoms with Gasteiger partial charge < -0.3 is 14.4 Å². The molecule has 2 aliphatic heterocycles. The lowest BCUT2D eigenvalue weighted by Gasteiger charge is -2.45. The minimum atomic E-state index is -0.718. The van der Waals surface area contributed by atoms with E-state index in [0.29, 0.717) is 19.8 Å². The molecule has 0 aliphatic carbocycles. The van der Waals surface area contributed by atoms with Crippen molar-refractivity contribution in [3.8, 4) is 5.75 Å². The Bertz CT molecular complexity index is 992. The number of nitrogens with zero attached hydrogens (tertiary/aromatic N) is 3. The zero-order valence-electron chi connectivity index (χ0n) is 17.2. The summed E-state index contributed by atoms with van der Waals surface area (Å²) in [5.41, 5.74) is 3.24. The Morgan fingerprint density at radius 1 is 1.20 bits per heavy atom. The predicted octanol–water partition coefficient (Wildman–Crippen LogP) is 2.24. The monoisotopic (exact) mass is 413 g/mol. The lowest BCUT2D eigenvalue weighted by molar-refractivity contribution is -0.155. The number of methoxy groups -OCH3 is 1. The Hall–Kier alpha value is -3.00. The van der Waals surface area contributed by atoms with Gasteiger partial charge >= 0.3 is 0 Å². The Morgan fingerprint density at radius 2 is 1.97 bits per heavy atom. The van der Waals surface area contributed by atoms with Gasteiger partial charge in [-0.15, -0.1) is 0 Å². The molecule has 0 radical (unpaired) electrons. The van der Waals surface area contributed by atoms with Gasteiger partial charge in [0.05, 0.1) is 26.5 Å². The van der Waals surface area contributed by atoms with E-state index in [1.165, 1.54) is 13.3 Å². The summed E-state index contributed by atoms with van der Waals surface area (Å²) in [4.78, 5) is 33.2. The molecule has 0 spiro atoms. The van der Waals surface area contributed by atoms with Crippen molar-refractivity contribution in [2.75, 3.05) is 31.8 Å². The second-order valence-corrected chi connectivity index (χ2v) is 7.79. The number of aryl methyl sites for hydroxylation is 2. The van der Waals surface area contributed by atoms with E-state index in [1.54, 1.807) is 4.90 Å². The van der Waals surface area contributed by atoms with Crippen LogP contribution < -0.4 is 9.64 Å². The highest BCUT2D eigenvalue weighted by molar-refractivity contribution is 6.06. The molecule has 8 heteroatoms. The van der Waals surface area contributed by atoms with Gasteiger partial charge in [-0.1, -0.05) is 18.2 Å². The van der Waals surface area contributed by atoms with Crippen LogP contribution in [0.5, 0.6) is 5.75 Å². The number of piperazine rings is 1. The number of ether oxygens (including phenoxy) is 2. The summed E-state index contributed by atoms with van der Waals surface area (Å²) in [5.74, 6) is -1.35. The minimum Gasteiger partial charge on any atom is -0.495 e.